The van der Waals surface area contributed by atoms with Gasteiger partial charge in [0.25, 0.3) is 0 Å². The van der Waals surface area contributed by atoms with Crippen molar-refractivity contribution < 1.29 is 4.79 Å². The quantitative estimate of drug-likeness (QED) is 0.306. The second kappa shape index (κ2) is 12.8. The minimum atomic E-state index is 0. The molecule has 3 aliphatic rings. The van der Waals surface area contributed by atoms with Gasteiger partial charge in [0, 0.05) is 51.2 Å². The van der Waals surface area contributed by atoms with Crippen molar-refractivity contribution in [3.8, 4) is 0 Å². The molecule has 32 heavy (non-hydrogen) atoms. The molecule has 0 unspecified atom stereocenters. The highest BCUT2D eigenvalue weighted by molar-refractivity contribution is 14.0. The predicted molar refractivity (Wildman–Crippen MR) is 141 cm³/mol. The molecule has 1 amide bonds. The summed E-state index contributed by atoms with van der Waals surface area (Å²) in [5, 5.41) is 7.09. The molecule has 1 aliphatic carbocycles. The summed E-state index contributed by atoms with van der Waals surface area (Å²) >= 11 is 0. The first-order chi connectivity index (χ1) is 15.2. The number of guanidine groups is 1. The van der Waals surface area contributed by atoms with Crippen molar-refractivity contribution in [2.75, 3.05) is 26.2 Å². The normalized spacial score (nSPS) is 21.1. The Hall–Kier alpha value is -1.35. The number of piperidine rings is 1. The lowest BCUT2D eigenvalue weighted by atomic mass is 10.0. The monoisotopic (exact) mass is 553 g/mol. The molecule has 0 radical (unpaired) electrons. The summed E-state index contributed by atoms with van der Waals surface area (Å²) < 4.78 is 0. The molecular weight excluding hydrogens is 513 g/mol. The van der Waals surface area contributed by atoms with Crippen molar-refractivity contribution in [3.05, 3.63) is 35.4 Å². The van der Waals surface area contributed by atoms with Crippen LogP contribution in [0.3, 0.4) is 0 Å². The molecule has 2 saturated heterocycles. The Morgan fingerprint density at radius 1 is 1.06 bits per heavy atom. The molecule has 1 aromatic rings. The molecule has 1 saturated carbocycles. The van der Waals surface area contributed by atoms with E-state index in [-0.39, 0.29) is 29.9 Å². The zero-order chi connectivity index (χ0) is 21.5. The molecule has 178 valence electrons. The van der Waals surface area contributed by atoms with Crippen molar-refractivity contribution in [1.29, 1.82) is 0 Å². The van der Waals surface area contributed by atoms with Gasteiger partial charge in [-0.05, 0) is 50.2 Å². The molecule has 4 rings (SSSR count). The Morgan fingerprint density at radius 2 is 1.81 bits per heavy atom. The van der Waals surface area contributed by atoms with Crippen LogP contribution in [0.25, 0.3) is 0 Å². The molecule has 2 heterocycles. The third-order valence-corrected chi connectivity index (χ3v) is 7.01. The van der Waals surface area contributed by atoms with E-state index in [0.29, 0.717) is 25.6 Å². The molecule has 0 atom stereocenters. The van der Waals surface area contributed by atoms with Crippen molar-refractivity contribution in [2.45, 2.75) is 83.5 Å². The summed E-state index contributed by atoms with van der Waals surface area (Å²) in [7, 11) is 0. The lowest BCUT2D eigenvalue weighted by Crippen LogP contribution is -2.50. The van der Waals surface area contributed by atoms with Crippen LogP contribution in [0.4, 0.5) is 0 Å². The van der Waals surface area contributed by atoms with E-state index in [0.717, 1.165) is 31.5 Å². The van der Waals surface area contributed by atoms with Gasteiger partial charge >= 0.3 is 0 Å². The smallest absolute Gasteiger partial charge is 0.222 e. The van der Waals surface area contributed by atoms with Crippen LogP contribution in [-0.2, 0) is 17.9 Å². The predicted octanol–water partition coefficient (Wildman–Crippen LogP) is 3.89. The first-order valence-corrected chi connectivity index (χ1v) is 12.4. The highest BCUT2D eigenvalue weighted by atomic mass is 127. The summed E-state index contributed by atoms with van der Waals surface area (Å²) in [5.74, 6) is 1.20. The molecule has 2 aliphatic heterocycles. The van der Waals surface area contributed by atoms with E-state index in [2.05, 4.69) is 46.7 Å². The average molecular weight is 554 g/mol. The van der Waals surface area contributed by atoms with E-state index in [1.165, 1.54) is 62.7 Å². The lowest BCUT2D eigenvalue weighted by molar-refractivity contribution is -0.128. The second-order valence-electron chi connectivity index (χ2n) is 9.33. The van der Waals surface area contributed by atoms with Gasteiger partial charge < -0.3 is 20.4 Å². The number of aliphatic imine (C=N–C) groups is 1. The molecule has 0 spiro atoms. The van der Waals surface area contributed by atoms with Crippen molar-refractivity contribution in [1.82, 2.24) is 20.4 Å². The maximum absolute atomic E-state index is 11.9. The number of rotatable bonds is 7. The number of carbonyl (C=O) groups is 1. The number of carbonyl (C=O) groups excluding carboxylic acids is 1. The highest BCUT2D eigenvalue weighted by Crippen LogP contribution is 2.26. The van der Waals surface area contributed by atoms with Crippen molar-refractivity contribution in [2.24, 2.45) is 4.99 Å². The second-order valence-corrected chi connectivity index (χ2v) is 9.33. The minimum absolute atomic E-state index is 0. The molecule has 7 heteroatoms. The van der Waals surface area contributed by atoms with Gasteiger partial charge in [0.2, 0.25) is 5.91 Å². The van der Waals surface area contributed by atoms with Gasteiger partial charge in [-0.1, -0.05) is 37.1 Å². The van der Waals surface area contributed by atoms with Crippen LogP contribution >= 0.6 is 24.0 Å². The molecular formula is C25H40IN5O. The minimum Gasteiger partial charge on any atom is -0.357 e. The number of halogens is 1. The van der Waals surface area contributed by atoms with Crippen LogP contribution in [0.2, 0.25) is 0 Å². The number of nitrogens with zero attached hydrogens (tertiary/aromatic N) is 3. The van der Waals surface area contributed by atoms with Gasteiger partial charge in [0.15, 0.2) is 5.96 Å². The fourth-order valence-corrected chi connectivity index (χ4v) is 5.28. The van der Waals surface area contributed by atoms with Crippen molar-refractivity contribution in [3.63, 3.8) is 0 Å². The summed E-state index contributed by atoms with van der Waals surface area (Å²) in [5.41, 5.74) is 2.39. The van der Waals surface area contributed by atoms with Crippen molar-refractivity contribution >= 4 is 35.8 Å². The van der Waals surface area contributed by atoms with E-state index in [1.807, 2.05) is 4.90 Å². The zero-order valence-electron chi connectivity index (χ0n) is 19.5. The van der Waals surface area contributed by atoms with Crippen LogP contribution in [0.5, 0.6) is 0 Å². The Bertz CT molecular complexity index is 756. The van der Waals surface area contributed by atoms with Crippen LogP contribution in [0, 0.1) is 0 Å². The molecule has 6 nitrogen and oxygen atoms in total. The van der Waals surface area contributed by atoms with Gasteiger partial charge in [-0.2, -0.15) is 0 Å². The highest BCUT2D eigenvalue weighted by Gasteiger charge is 2.27. The summed E-state index contributed by atoms with van der Waals surface area (Å²) in [4.78, 5) is 21.5. The van der Waals surface area contributed by atoms with E-state index in [4.69, 9.17) is 4.99 Å². The third kappa shape index (κ3) is 7.07. The Labute approximate surface area is 210 Å². The van der Waals surface area contributed by atoms with E-state index >= 15 is 0 Å². The molecule has 0 bridgehead atoms. The average Bonchev–Trinajstić information content (AvgIpc) is 3.46. The molecule has 2 N–H and O–H groups in total. The number of nitrogens with one attached hydrogen (secondary N) is 2. The van der Waals surface area contributed by atoms with Gasteiger partial charge in [0.05, 0.1) is 6.54 Å². The zero-order valence-corrected chi connectivity index (χ0v) is 21.9. The van der Waals surface area contributed by atoms with Gasteiger partial charge in [-0.15, -0.1) is 24.0 Å². The van der Waals surface area contributed by atoms with Gasteiger partial charge in [-0.25, -0.2) is 4.99 Å². The third-order valence-electron chi connectivity index (χ3n) is 7.01. The maximum Gasteiger partial charge on any atom is 0.222 e. The number of likely N-dealkylation sites (tertiary alicyclic amines) is 2. The number of hydrogen-bond acceptors (Lipinski definition) is 3. The first kappa shape index (κ1) is 25.3. The van der Waals surface area contributed by atoms with Crippen LogP contribution < -0.4 is 10.6 Å². The topological polar surface area (TPSA) is 60.0 Å². The largest absolute Gasteiger partial charge is 0.357 e. The number of hydrogen-bond donors (Lipinski definition) is 2. The standard InChI is InChI=1S/C25H39N5O.HI/c1-2-26-25(28-22-12-15-29(16-13-22)23-9-3-4-10-23)27-18-20-7-5-8-21(17-20)19-30-14-6-11-24(30)31;/h5,7-8,17,22-23H,2-4,6,9-16,18-19H2,1H3,(H2,26,27,28);1H. The Kier molecular flexibility index (Phi) is 10.1. The SMILES string of the molecule is CCNC(=NCc1cccc(CN2CCCC2=O)c1)NC1CCN(C2CCCC2)CC1.I. The number of amides is 1. The van der Waals surface area contributed by atoms with Gasteiger partial charge in [0.1, 0.15) is 0 Å². The van der Waals surface area contributed by atoms with Gasteiger partial charge in [-0.3, -0.25) is 4.79 Å². The van der Waals surface area contributed by atoms with E-state index in [9.17, 15) is 4.79 Å². The lowest BCUT2D eigenvalue weighted by Gasteiger charge is -2.36. The molecule has 3 fully saturated rings. The fourth-order valence-electron chi connectivity index (χ4n) is 5.28. The van der Waals surface area contributed by atoms with Crippen LogP contribution in [-0.4, -0.2) is 59.9 Å². The summed E-state index contributed by atoms with van der Waals surface area (Å²) in [6, 6.07) is 9.86. The Morgan fingerprint density at radius 3 is 2.50 bits per heavy atom. The summed E-state index contributed by atoms with van der Waals surface area (Å²) in [6.45, 7) is 7.65. The van der Waals surface area contributed by atoms with Crippen LogP contribution in [0.1, 0.15) is 69.4 Å². The fraction of sp³-hybridized carbons (Fsp3) is 0.680. The summed E-state index contributed by atoms with van der Waals surface area (Å²) in [6.07, 6.45) is 9.69. The Balaban J connectivity index is 0.00000289. The molecule has 1 aromatic carbocycles. The first-order valence-electron chi connectivity index (χ1n) is 12.4. The van der Waals surface area contributed by atoms with E-state index < -0.39 is 0 Å². The molecule has 0 aromatic heterocycles. The number of benzene rings is 1. The van der Waals surface area contributed by atoms with E-state index in [1.54, 1.807) is 0 Å². The van der Waals surface area contributed by atoms with Crippen LogP contribution in [0.15, 0.2) is 29.3 Å². The maximum atomic E-state index is 11.9.